The second-order valence-electron chi connectivity index (χ2n) is 6.42. The maximum Gasteiger partial charge on any atom is 0.257 e. The number of hydrogen-bond donors (Lipinski definition) is 2. The van der Waals surface area contributed by atoms with Crippen molar-refractivity contribution in [2.75, 3.05) is 13.2 Å². The molecule has 5 heteroatoms. The molecule has 0 fully saturated rings. The van der Waals surface area contributed by atoms with Gasteiger partial charge in [0.05, 0.1) is 0 Å². The Balaban J connectivity index is 1.53. The summed E-state index contributed by atoms with van der Waals surface area (Å²) in [4.78, 5) is 27.0. The summed E-state index contributed by atoms with van der Waals surface area (Å²) in [6.07, 6.45) is 0.468. The lowest BCUT2D eigenvalue weighted by atomic mass is 10.1. The van der Waals surface area contributed by atoms with Gasteiger partial charge >= 0.3 is 0 Å². The van der Waals surface area contributed by atoms with E-state index in [1.54, 1.807) is 0 Å². The third-order valence-corrected chi connectivity index (χ3v) is 4.15. The van der Waals surface area contributed by atoms with Crippen molar-refractivity contribution < 1.29 is 9.53 Å². The summed E-state index contributed by atoms with van der Waals surface area (Å²) in [5, 5.41) is 3.77. The van der Waals surface area contributed by atoms with Crippen LogP contribution in [0.1, 0.15) is 16.7 Å². The molecule has 0 atom stereocenters. The van der Waals surface area contributed by atoms with Gasteiger partial charge in [-0.05, 0) is 61.0 Å². The number of H-pyrrole nitrogens is 1. The zero-order valence-electron chi connectivity index (χ0n) is 15.0. The molecule has 0 bridgehead atoms. The van der Waals surface area contributed by atoms with Crippen LogP contribution in [0.25, 0.3) is 10.9 Å². The van der Waals surface area contributed by atoms with Gasteiger partial charge in [0.2, 0.25) is 0 Å². The van der Waals surface area contributed by atoms with E-state index in [1.165, 1.54) is 0 Å². The Hall–Kier alpha value is -3.08. The number of ether oxygens (including phenoxy) is 1. The molecule has 0 radical (unpaired) electrons. The highest BCUT2D eigenvalue weighted by molar-refractivity contribution is 5.79. The van der Waals surface area contributed by atoms with E-state index in [9.17, 15) is 9.59 Å². The lowest BCUT2D eigenvalue weighted by Gasteiger charge is -2.08. The van der Waals surface area contributed by atoms with Gasteiger partial charge in [-0.2, -0.15) is 0 Å². The van der Waals surface area contributed by atoms with E-state index in [-0.39, 0.29) is 18.1 Å². The van der Waals surface area contributed by atoms with Crippen molar-refractivity contribution in [2.45, 2.75) is 20.3 Å². The lowest BCUT2D eigenvalue weighted by Crippen LogP contribution is -2.31. The summed E-state index contributed by atoms with van der Waals surface area (Å²) in [6, 6.07) is 15.4. The topological polar surface area (TPSA) is 71.2 Å². The van der Waals surface area contributed by atoms with Gasteiger partial charge in [0.25, 0.3) is 11.5 Å². The molecule has 0 aliphatic heterocycles. The van der Waals surface area contributed by atoms with Crippen molar-refractivity contribution in [3.05, 3.63) is 75.6 Å². The van der Waals surface area contributed by atoms with E-state index in [1.807, 2.05) is 62.4 Å². The van der Waals surface area contributed by atoms with Crippen LogP contribution in [0, 0.1) is 13.8 Å². The number of amides is 1. The van der Waals surface area contributed by atoms with Crippen LogP contribution in [0.4, 0.5) is 0 Å². The second-order valence-corrected chi connectivity index (χ2v) is 6.42. The standard InChI is InChI=1S/C21H22N2O3/c1-14-4-3-5-18(10-14)26-13-20(24)22-9-8-17-12-16-7-6-15(2)11-19(16)23-21(17)25/h3-7,10-12H,8-9,13H2,1-2H3,(H,22,24)(H,23,25). The molecule has 0 aliphatic carbocycles. The maximum absolute atomic E-state index is 12.2. The minimum Gasteiger partial charge on any atom is -0.484 e. The van der Waals surface area contributed by atoms with E-state index in [2.05, 4.69) is 10.3 Å². The zero-order chi connectivity index (χ0) is 18.5. The molecule has 1 aromatic heterocycles. The van der Waals surface area contributed by atoms with Crippen molar-refractivity contribution in [3.8, 4) is 5.75 Å². The smallest absolute Gasteiger partial charge is 0.257 e. The van der Waals surface area contributed by atoms with Crippen LogP contribution in [-0.4, -0.2) is 24.0 Å². The highest BCUT2D eigenvalue weighted by Gasteiger charge is 2.06. The first-order chi connectivity index (χ1) is 12.5. The number of aromatic amines is 1. The van der Waals surface area contributed by atoms with Gasteiger partial charge < -0.3 is 15.0 Å². The second kappa shape index (κ2) is 7.87. The summed E-state index contributed by atoms with van der Waals surface area (Å²) in [7, 11) is 0. The number of carbonyl (C=O) groups is 1. The highest BCUT2D eigenvalue weighted by atomic mass is 16.5. The Morgan fingerprint density at radius 3 is 2.69 bits per heavy atom. The summed E-state index contributed by atoms with van der Waals surface area (Å²) in [6.45, 7) is 4.29. The third kappa shape index (κ3) is 4.51. The molecule has 0 spiro atoms. The SMILES string of the molecule is Cc1cccc(OCC(=O)NCCc2cc3ccc(C)cc3[nH]c2=O)c1. The first-order valence-electron chi connectivity index (χ1n) is 8.60. The summed E-state index contributed by atoms with van der Waals surface area (Å²) >= 11 is 0. The Kier molecular flexibility index (Phi) is 5.37. The zero-order valence-corrected chi connectivity index (χ0v) is 15.0. The first kappa shape index (κ1) is 17.7. The van der Waals surface area contributed by atoms with E-state index >= 15 is 0 Å². The molecule has 26 heavy (non-hydrogen) atoms. The number of pyridine rings is 1. The fourth-order valence-corrected chi connectivity index (χ4v) is 2.79. The fourth-order valence-electron chi connectivity index (χ4n) is 2.79. The van der Waals surface area contributed by atoms with Gasteiger partial charge in [-0.25, -0.2) is 0 Å². The van der Waals surface area contributed by atoms with E-state index < -0.39 is 0 Å². The lowest BCUT2D eigenvalue weighted by molar-refractivity contribution is -0.123. The third-order valence-electron chi connectivity index (χ3n) is 4.15. The number of rotatable bonds is 6. The monoisotopic (exact) mass is 350 g/mol. The number of benzene rings is 2. The Bertz CT molecular complexity index is 992. The normalized spacial score (nSPS) is 10.7. The van der Waals surface area contributed by atoms with Crippen molar-refractivity contribution in [1.29, 1.82) is 0 Å². The highest BCUT2D eigenvalue weighted by Crippen LogP contribution is 2.13. The van der Waals surface area contributed by atoms with Crippen molar-refractivity contribution in [2.24, 2.45) is 0 Å². The largest absolute Gasteiger partial charge is 0.484 e. The maximum atomic E-state index is 12.2. The van der Waals surface area contributed by atoms with Crippen LogP contribution < -0.4 is 15.6 Å². The van der Waals surface area contributed by atoms with Gasteiger partial charge in [-0.15, -0.1) is 0 Å². The molecule has 2 N–H and O–H groups in total. The minimum atomic E-state index is -0.209. The quantitative estimate of drug-likeness (QED) is 0.718. The summed E-state index contributed by atoms with van der Waals surface area (Å²) in [5.41, 5.74) is 3.54. The molecule has 0 saturated heterocycles. The summed E-state index contributed by atoms with van der Waals surface area (Å²) < 4.78 is 5.46. The van der Waals surface area contributed by atoms with Gasteiger partial charge in [-0.3, -0.25) is 9.59 Å². The van der Waals surface area contributed by atoms with Crippen LogP contribution in [0.3, 0.4) is 0 Å². The molecule has 0 saturated carbocycles. The molecule has 1 amide bonds. The van der Waals surface area contributed by atoms with Crippen LogP contribution in [0.2, 0.25) is 0 Å². The number of carbonyl (C=O) groups excluding carboxylic acids is 1. The molecule has 134 valence electrons. The molecular formula is C21H22N2O3. The Morgan fingerprint density at radius 2 is 1.88 bits per heavy atom. The van der Waals surface area contributed by atoms with Gasteiger partial charge in [0.15, 0.2) is 6.61 Å². The van der Waals surface area contributed by atoms with Crippen LogP contribution in [-0.2, 0) is 11.2 Å². The van der Waals surface area contributed by atoms with Crippen LogP contribution in [0.15, 0.2) is 53.3 Å². The molecule has 0 unspecified atom stereocenters. The van der Waals surface area contributed by atoms with Crippen LogP contribution in [0.5, 0.6) is 5.75 Å². The molecule has 5 nitrogen and oxygen atoms in total. The van der Waals surface area contributed by atoms with Crippen molar-refractivity contribution in [1.82, 2.24) is 10.3 Å². The minimum absolute atomic E-state index is 0.0448. The number of aryl methyl sites for hydroxylation is 2. The summed E-state index contributed by atoms with van der Waals surface area (Å²) in [5.74, 6) is 0.459. The predicted molar refractivity (Wildman–Crippen MR) is 103 cm³/mol. The molecule has 3 rings (SSSR count). The molecule has 0 aliphatic rings. The number of nitrogens with one attached hydrogen (secondary N) is 2. The van der Waals surface area contributed by atoms with E-state index in [0.717, 1.165) is 22.0 Å². The Morgan fingerprint density at radius 1 is 1.08 bits per heavy atom. The van der Waals surface area contributed by atoms with Crippen molar-refractivity contribution in [3.63, 3.8) is 0 Å². The number of fused-ring (bicyclic) bond motifs is 1. The fraction of sp³-hybridized carbons (Fsp3) is 0.238. The molecule has 1 heterocycles. The van der Waals surface area contributed by atoms with E-state index in [0.29, 0.717) is 24.3 Å². The van der Waals surface area contributed by atoms with E-state index in [4.69, 9.17) is 4.74 Å². The number of hydrogen-bond acceptors (Lipinski definition) is 3. The molecular weight excluding hydrogens is 328 g/mol. The van der Waals surface area contributed by atoms with Gasteiger partial charge in [0.1, 0.15) is 5.75 Å². The van der Waals surface area contributed by atoms with Gasteiger partial charge in [0, 0.05) is 17.6 Å². The van der Waals surface area contributed by atoms with Crippen molar-refractivity contribution >= 4 is 16.8 Å². The molecule has 3 aromatic rings. The molecule has 2 aromatic carbocycles. The van der Waals surface area contributed by atoms with Crippen LogP contribution >= 0.6 is 0 Å². The van der Waals surface area contributed by atoms with Gasteiger partial charge in [-0.1, -0.05) is 24.3 Å². The number of aromatic nitrogens is 1. The first-order valence-corrected chi connectivity index (χ1v) is 8.60. The predicted octanol–water partition coefficient (Wildman–Crippen LogP) is 2.88. The Labute approximate surface area is 152 Å². The average molecular weight is 350 g/mol. The average Bonchev–Trinajstić information content (AvgIpc) is 2.60.